The van der Waals surface area contributed by atoms with Crippen LogP contribution in [0.2, 0.25) is 0 Å². The highest BCUT2D eigenvalue weighted by Crippen LogP contribution is 2.31. The van der Waals surface area contributed by atoms with Crippen molar-refractivity contribution in [3.63, 3.8) is 0 Å². The number of thiophene rings is 1. The van der Waals surface area contributed by atoms with Crippen molar-refractivity contribution >= 4 is 34.0 Å². The average Bonchev–Trinajstić information content (AvgIpc) is 2.84. The minimum atomic E-state index is -0.0950. The fourth-order valence-electron chi connectivity index (χ4n) is 1.60. The summed E-state index contributed by atoms with van der Waals surface area (Å²) in [5.74, 6) is 0. The van der Waals surface area contributed by atoms with Crippen LogP contribution in [0.4, 0.5) is 0 Å². The quantitative estimate of drug-likeness (QED) is 0.710. The molecule has 0 bridgehead atoms. The lowest BCUT2D eigenvalue weighted by Gasteiger charge is -1.90. The molecule has 0 spiro atoms. The maximum Gasteiger partial charge on any atom is 0.268 e. The van der Waals surface area contributed by atoms with Gasteiger partial charge >= 0.3 is 0 Å². The van der Waals surface area contributed by atoms with Gasteiger partial charge in [0, 0.05) is 16.1 Å². The molecule has 0 amide bonds. The molecule has 0 saturated carbocycles. The summed E-state index contributed by atoms with van der Waals surface area (Å²) in [6, 6.07) is 1.91. The van der Waals surface area contributed by atoms with Gasteiger partial charge in [-0.3, -0.25) is 9.89 Å². The highest BCUT2D eigenvalue weighted by Gasteiger charge is 2.10. The molecule has 5 nitrogen and oxygen atoms in total. The zero-order chi connectivity index (χ0) is 11.1. The molecule has 0 radical (unpaired) electrons. The molecule has 88 valence electrons. The Morgan fingerprint density at radius 1 is 1.41 bits per heavy atom. The predicted octanol–water partition coefficient (Wildman–Crippen LogP) is 2.10. The van der Waals surface area contributed by atoms with Crippen LogP contribution in [0, 0.1) is 6.92 Å². The Bertz CT molecular complexity index is 714. The van der Waals surface area contributed by atoms with Gasteiger partial charge in [-0.05, 0) is 13.0 Å². The van der Waals surface area contributed by atoms with E-state index in [1.807, 2.05) is 13.0 Å². The SMILES string of the molecule is Cc1[nH]ncc1-c1cc2nc[nH]c(=O)c2s1.Cl. The lowest BCUT2D eigenvalue weighted by Crippen LogP contribution is -2.02. The molecule has 17 heavy (non-hydrogen) atoms. The van der Waals surface area contributed by atoms with E-state index in [0.717, 1.165) is 21.7 Å². The summed E-state index contributed by atoms with van der Waals surface area (Å²) in [5.41, 5.74) is 2.64. The molecule has 7 heteroatoms. The van der Waals surface area contributed by atoms with Crippen molar-refractivity contribution in [3.05, 3.63) is 34.6 Å². The average molecular weight is 269 g/mol. The second kappa shape index (κ2) is 4.31. The van der Waals surface area contributed by atoms with Gasteiger partial charge < -0.3 is 4.98 Å². The molecule has 0 aliphatic rings. The standard InChI is InChI=1S/C10H8N4OS.ClH/c1-5-6(3-13-14-5)8-2-7-9(16-8)10(15)12-4-11-7;/h2-4H,1H3,(H,13,14)(H,11,12,15);1H. The number of nitrogens with zero attached hydrogens (tertiary/aromatic N) is 2. The molecule has 3 aromatic rings. The van der Waals surface area contributed by atoms with E-state index < -0.39 is 0 Å². The monoisotopic (exact) mass is 268 g/mol. The van der Waals surface area contributed by atoms with Crippen molar-refractivity contribution < 1.29 is 0 Å². The molecule has 0 atom stereocenters. The van der Waals surface area contributed by atoms with Crippen molar-refractivity contribution in [1.29, 1.82) is 0 Å². The normalized spacial score (nSPS) is 10.4. The lowest BCUT2D eigenvalue weighted by atomic mass is 10.2. The fraction of sp³-hybridized carbons (Fsp3) is 0.100. The van der Waals surface area contributed by atoms with Crippen LogP contribution in [0.5, 0.6) is 0 Å². The van der Waals surface area contributed by atoms with Gasteiger partial charge in [0.1, 0.15) is 4.70 Å². The van der Waals surface area contributed by atoms with E-state index >= 15 is 0 Å². The van der Waals surface area contributed by atoms with Gasteiger partial charge in [0.25, 0.3) is 5.56 Å². The number of H-pyrrole nitrogens is 2. The summed E-state index contributed by atoms with van der Waals surface area (Å²) in [6.07, 6.45) is 3.18. The van der Waals surface area contributed by atoms with E-state index in [1.165, 1.54) is 17.7 Å². The van der Waals surface area contributed by atoms with Crippen LogP contribution in [-0.4, -0.2) is 20.2 Å². The minimum absolute atomic E-state index is 0. The molecule has 2 N–H and O–H groups in total. The summed E-state index contributed by atoms with van der Waals surface area (Å²) in [7, 11) is 0. The van der Waals surface area contributed by atoms with Crippen LogP contribution in [0.15, 0.2) is 23.4 Å². The Hall–Kier alpha value is -1.66. The first-order valence-electron chi connectivity index (χ1n) is 4.73. The molecule has 0 fully saturated rings. The number of halogens is 1. The van der Waals surface area contributed by atoms with Crippen molar-refractivity contribution in [2.45, 2.75) is 6.92 Å². The van der Waals surface area contributed by atoms with Crippen LogP contribution < -0.4 is 5.56 Å². The van der Waals surface area contributed by atoms with E-state index in [4.69, 9.17) is 0 Å². The highest BCUT2D eigenvalue weighted by molar-refractivity contribution is 7.22. The number of aromatic amines is 2. The largest absolute Gasteiger partial charge is 0.312 e. The van der Waals surface area contributed by atoms with E-state index in [2.05, 4.69) is 20.2 Å². The molecule has 3 heterocycles. The van der Waals surface area contributed by atoms with Gasteiger partial charge in [0.05, 0.1) is 18.0 Å². The highest BCUT2D eigenvalue weighted by atomic mass is 35.5. The Morgan fingerprint density at radius 3 is 2.88 bits per heavy atom. The van der Waals surface area contributed by atoms with E-state index in [0.29, 0.717) is 4.70 Å². The molecular formula is C10H9ClN4OS. The number of rotatable bonds is 1. The van der Waals surface area contributed by atoms with Gasteiger partial charge in [-0.2, -0.15) is 5.10 Å². The topological polar surface area (TPSA) is 74.4 Å². The Labute approximate surface area is 106 Å². The zero-order valence-electron chi connectivity index (χ0n) is 8.85. The third-order valence-corrected chi connectivity index (χ3v) is 3.57. The smallest absolute Gasteiger partial charge is 0.268 e. The fourth-order valence-corrected chi connectivity index (χ4v) is 2.67. The summed E-state index contributed by atoms with van der Waals surface area (Å²) < 4.78 is 0.651. The maximum atomic E-state index is 11.5. The number of aromatic nitrogens is 4. The first-order chi connectivity index (χ1) is 7.75. The van der Waals surface area contributed by atoms with Crippen LogP contribution in [-0.2, 0) is 0 Å². The first kappa shape index (κ1) is 11.8. The molecule has 0 aliphatic carbocycles. The number of hydrogen-bond acceptors (Lipinski definition) is 4. The Morgan fingerprint density at radius 2 is 2.24 bits per heavy atom. The second-order valence-electron chi connectivity index (χ2n) is 3.47. The number of hydrogen-bond donors (Lipinski definition) is 2. The van der Waals surface area contributed by atoms with Gasteiger partial charge in [0.15, 0.2) is 0 Å². The molecule has 0 saturated heterocycles. The molecule has 3 rings (SSSR count). The van der Waals surface area contributed by atoms with E-state index in [-0.39, 0.29) is 18.0 Å². The first-order valence-corrected chi connectivity index (χ1v) is 5.55. The molecular weight excluding hydrogens is 260 g/mol. The molecule has 0 aliphatic heterocycles. The Balaban J connectivity index is 0.00000108. The maximum absolute atomic E-state index is 11.5. The number of fused-ring (bicyclic) bond motifs is 1. The van der Waals surface area contributed by atoms with Crippen molar-refractivity contribution in [3.8, 4) is 10.4 Å². The summed E-state index contributed by atoms with van der Waals surface area (Å²) in [6.45, 7) is 1.95. The van der Waals surface area contributed by atoms with Crippen LogP contribution >= 0.6 is 23.7 Å². The summed E-state index contributed by atoms with van der Waals surface area (Å²) in [5, 5.41) is 6.84. The summed E-state index contributed by atoms with van der Waals surface area (Å²) in [4.78, 5) is 19.2. The number of aryl methyl sites for hydroxylation is 1. The van der Waals surface area contributed by atoms with Crippen molar-refractivity contribution in [2.24, 2.45) is 0 Å². The molecule has 0 aromatic carbocycles. The van der Waals surface area contributed by atoms with Crippen molar-refractivity contribution in [2.75, 3.05) is 0 Å². The van der Waals surface area contributed by atoms with Gasteiger partial charge in [-0.25, -0.2) is 4.98 Å². The Kier molecular flexibility index (Phi) is 2.99. The van der Waals surface area contributed by atoms with E-state index in [9.17, 15) is 4.79 Å². The number of nitrogens with one attached hydrogen (secondary N) is 2. The minimum Gasteiger partial charge on any atom is -0.312 e. The third kappa shape index (κ3) is 1.85. The van der Waals surface area contributed by atoms with Gasteiger partial charge in [0.2, 0.25) is 0 Å². The predicted molar refractivity (Wildman–Crippen MR) is 69.8 cm³/mol. The molecule has 0 unspecified atom stereocenters. The van der Waals surface area contributed by atoms with Crippen LogP contribution in [0.25, 0.3) is 20.7 Å². The zero-order valence-corrected chi connectivity index (χ0v) is 10.5. The van der Waals surface area contributed by atoms with Gasteiger partial charge in [-0.1, -0.05) is 0 Å². The van der Waals surface area contributed by atoms with Gasteiger partial charge in [-0.15, -0.1) is 23.7 Å². The van der Waals surface area contributed by atoms with Crippen LogP contribution in [0.1, 0.15) is 5.69 Å². The van der Waals surface area contributed by atoms with Crippen LogP contribution in [0.3, 0.4) is 0 Å². The molecule has 3 aromatic heterocycles. The van der Waals surface area contributed by atoms with E-state index in [1.54, 1.807) is 6.20 Å². The second-order valence-corrected chi connectivity index (χ2v) is 4.52. The van der Waals surface area contributed by atoms with Crippen molar-refractivity contribution in [1.82, 2.24) is 20.2 Å². The third-order valence-electron chi connectivity index (χ3n) is 2.41. The summed E-state index contributed by atoms with van der Waals surface area (Å²) >= 11 is 1.43. The lowest BCUT2D eigenvalue weighted by molar-refractivity contribution is 1.05.